The number of nitrogens with one attached hydrogen (secondary N) is 1. The van der Waals surface area contributed by atoms with E-state index in [0.29, 0.717) is 29.9 Å². The number of aromatic nitrogens is 6. The van der Waals surface area contributed by atoms with E-state index in [2.05, 4.69) is 49.7 Å². The highest BCUT2D eigenvalue weighted by Crippen LogP contribution is 2.35. The molecule has 0 saturated carbocycles. The molecule has 2 fully saturated rings. The summed E-state index contributed by atoms with van der Waals surface area (Å²) >= 11 is 0. The van der Waals surface area contributed by atoms with Gasteiger partial charge < -0.3 is 20.3 Å². The van der Waals surface area contributed by atoms with E-state index in [1.807, 2.05) is 39.8 Å². The number of hydrogen-bond acceptors (Lipinski definition) is 9. The molecule has 0 radical (unpaired) electrons. The number of benzene rings is 2. The average Bonchev–Trinajstić information content (AvgIpc) is 3.73. The molecule has 4 aromatic heterocycles. The van der Waals surface area contributed by atoms with Crippen molar-refractivity contribution >= 4 is 39.6 Å². The lowest BCUT2D eigenvalue weighted by Crippen LogP contribution is -2.41. The number of likely N-dealkylation sites (tertiary alicyclic amines) is 1. The van der Waals surface area contributed by atoms with Crippen molar-refractivity contribution in [1.82, 2.24) is 39.7 Å². The predicted octanol–water partition coefficient (Wildman–Crippen LogP) is 5.05. The molecule has 0 spiro atoms. The summed E-state index contributed by atoms with van der Waals surface area (Å²) in [5, 5.41) is 28.0. The fraction of sp³-hybridized carbons (Fsp3) is 0.297. The number of aromatic hydroxyl groups is 1. The number of rotatable bonds is 8. The molecule has 248 valence electrons. The van der Waals surface area contributed by atoms with Gasteiger partial charge in [-0.25, -0.2) is 4.98 Å². The Morgan fingerprint density at radius 2 is 1.88 bits per heavy atom. The first-order chi connectivity index (χ1) is 23.9. The fourth-order valence-corrected chi connectivity index (χ4v) is 7.41. The summed E-state index contributed by atoms with van der Waals surface area (Å²) in [6.07, 6.45) is 10.5. The minimum absolute atomic E-state index is 0.140. The molecule has 2 amide bonds. The highest BCUT2D eigenvalue weighted by Gasteiger charge is 2.31. The summed E-state index contributed by atoms with van der Waals surface area (Å²) in [6, 6.07) is 19.1. The number of piperidine rings is 2. The molecule has 1 unspecified atom stereocenters. The van der Waals surface area contributed by atoms with Gasteiger partial charge in [0.05, 0.1) is 23.4 Å². The normalized spacial score (nSPS) is 18.7. The zero-order valence-electron chi connectivity index (χ0n) is 27.0. The van der Waals surface area contributed by atoms with Gasteiger partial charge in [0.25, 0.3) is 0 Å². The first-order valence-corrected chi connectivity index (χ1v) is 16.8. The van der Waals surface area contributed by atoms with Gasteiger partial charge in [-0.1, -0.05) is 18.2 Å². The smallest absolute Gasteiger partial charge is 0.249 e. The van der Waals surface area contributed by atoms with Crippen molar-refractivity contribution in [2.24, 2.45) is 0 Å². The van der Waals surface area contributed by atoms with Crippen molar-refractivity contribution in [3.8, 4) is 28.1 Å². The number of para-hydroxylation sites is 1. The third-order valence-electron chi connectivity index (χ3n) is 9.86. The number of hydrogen-bond donors (Lipinski definition) is 3. The van der Waals surface area contributed by atoms with E-state index in [1.165, 1.54) is 5.56 Å². The molecule has 2 aliphatic heterocycles. The fourth-order valence-electron chi connectivity index (χ4n) is 7.41. The van der Waals surface area contributed by atoms with Crippen molar-refractivity contribution in [3.05, 3.63) is 84.8 Å². The summed E-state index contributed by atoms with van der Waals surface area (Å²) in [5.41, 5.74) is 12.0. The molecule has 0 aliphatic carbocycles. The van der Waals surface area contributed by atoms with Crippen molar-refractivity contribution < 1.29 is 14.7 Å². The predicted molar refractivity (Wildman–Crippen MR) is 186 cm³/mol. The van der Waals surface area contributed by atoms with Gasteiger partial charge in [0.2, 0.25) is 11.8 Å². The van der Waals surface area contributed by atoms with Crippen LogP contribution in [0, 0.1) is 0 Å². The van der Waals surface area contributed by atoms with Crippen LogP contribution in [0.4, 0.5) is 5.82 Å². The van der Waals surface area contributed by atoms with Crippen LogP contribution in [0.15, 0.2) is 79.3 Å². The average molecular weight is 656 g/mol. The molecule has 12 heteroatoms. The highest BCUT2D eigenvalue weighted by atomic mass is 16.3. The molecular formula is C37H37N9O3. The van der Waals surface area contributed by atoms with Gasteiger partial charge >= 0.3 is 0 Å². The summed E-state index contributed by atoms with van der Waals surface area (Å²) in [5.74, 6) is -0.0351. The summed E-state index contributed by atoms with van der Waals surface area (Å²) < 4.78 is 4.04. The number of nitrogen functional groups attached to an aromatic ring is 1. The summed E-state index contributed by atoms with van der Waals surface area (Å²) in [6.45, 7) is 2.95. The Morgan fingerprint density at radius 3 is 2.76 bits per heavy atom. The van der Waals surface area contributed by atoms with Crippen molar-refractivity contribution in [2.75, 3.05) is 25.4 Å². The number of phenolic OH excluding ortho intramolecular Hbond substituents is 1. The lowest BCUT2D eigenvalue weighted by molar-refractivity contribution is -0.135. The van der Waals surface area contributed by atoms with Crippen LogP contribution >= 0.6 is 0 Å². The van der Waals surface area contributed by atoms with Gasteiger partial charge in [0.15, 0.2) is 5.82 Å². The van der Waals surface area contributed by atoms with Gasteiger partial charge in [-0.15, -0.1) is 10.2 Å². The molecule has 2 aliphatic rings. The Morgan fingerprint density at radius 1 is 0.980 bits per heavy atom. The van der Waals surface area contributed by atoms with Crippen molar-refractivity contribution in [3.63, 3.8) is 0 Å². The standard InChI is InChI=1S/C37H37N9O3/c38-35-28(19-30(42-43-35)27-8-1-2-10-33(27)47)24-20-40-45(21-24)25-7-5-17-44(22-25)16-4-6-23-11-12-31-29(18-23)26-9-3-15-39-36(26)46(31)32-13-14-34(48)41-37(32)49/h1-3,8-12,15,18-21,25,32,47H,4-7,13-14,16-17,22H2,(H2,38,43)(H,41,48,49)/t25-,32?/m0/s1. The molecule has 2 aromatic carbocycles. The zero-order chi connectivity index (χ0) is 33.5. The van der Waals surface area contributed by atoms with Crippen LogP contribution in [0.25, 0.3) is 44.3 Å². The Balaban J connectivity index is 0.942. The van der Waals surface area contributed by atoms with Crippen LogP contribution in [0.5, 0.6) is 5.75 Å². The minimum Gasteiger partial charge on any atom is -0.507 e. The van der Waals surface area contributed by atoms with Gasteiger partial charge in [0.1, 0.15) is 17.4 Å². The Hall–Kier alpha value is -5.62. The third kappa shape index (κ3) is 5.88. The number of fused-ring (bicyclic) bond motifs is 3. The lowest BCUT2D eigenvalue weighted by Gasteiger charge is -2.32. The SMILES string of the molecule is Nc1nnc(-c2ccccc2O)cc1-c1cnn([C@H]2CCCN(CCCc3ccc4c(c3)c3cccnc3n4C3CCC(=O)NC3=O)C2)c1. The quantitative estimate of drug-likeness (QED) is 0.191. The number of pyridine rings is 1. The van der Waals surface area contributed by atoms with E-state index < -0.39 is 6.04 Å². The van der Waals surface area contributed by atoms with Gasteiger partial charge in [-0.2, -0.15) is 5.10 Å². The van der Waals surface area contributed by atoms with E-state index in [9.17, 15) is 14.7 Å². The second kappa shape index (κ2) is 12.8. The number of anilines is 1. The van der Waals surface area contributed by atoms with Crippen molar-refractivity contribution in [2.45, 2.75) is 50.6 Å². The second-order valence-electron chi connectivity index (χ2n) is 13.0. The number of imide groups is 1. The Bertz CT molecular complexity index is 2210. The van der Waals surface area contributed by atoms with E-state index in [4.69, 9.17) is 10.8 Å². The second-order valence-corrected chi connectivity index (χ2v) is 13.0. The first-order valence-electron chi connectivity index (χ1n) is 16.8. The highest BCUT2D eigenvalue weighted by molar-refractivity contribution is 6.09. The van der Waals surface area contributed by atoms with E-state index in [-0.39, 0.29) is 23.6 Å². The third-order valence-corrected chi connectivity index (χ3v) is 9.86. The maximum Gasteiger partial charge on any atom is 0.249 e. The van der Waals surface area contributed by atoms with Crippen LogP contribution in [0.3, 0.4) is 0 Å². The molecule has 6 aromatic rings. The van der Waals surface area contributed by atoms with Crippen LogP contribution in [-0.4, -0.2) is 71.0 Å². The van der Waals surface area contributed by atoms with Crippen LogP contribution in [0.2, 0.25) is 0 Å². The van der Waals surface area contributed by atoms with Crippen LogP contribution in [0.1, 0.15) is 49.8 Å². The summed E-state index contributed by atoms with van der Waals surface area (Å²) in [4.78, 5) is 31.8. The monoisotopic (exact) mass is 655 g/mol. The zero-order valence-corrected chi connectivity index (χ0v) is 27.0. The lowest BCUT2D eigenvalue weighted by atomic mass is 10.0. The topological polar surface area (TPSA) is 157 Å². The van der Waals surface area contributed by atoms with Gasteiger partial charge in [0, 0.05) is 52.8 Å². The van der Waals surface area contributed by atoms with E-state index in [1.54, 1.807) is 24.4 Å². The molecule has 6 heterocycles. The van der Waals surface area contributed by atoms with Gasteiger partial charge in [-0.05, 0) is 93.2 Å². The molecule has 49 heavy (non-hydrogen) atoms. The summed E-state index contributed by atoms with van der Waals surface area (Å²) in [7, 11) is 0. The molecule has 2 atom stereocenters. The van der Waals surface area contributed by atoms with Crippen molar-refractivity contribution in [1.29, 1.82) is 0 Å². The Labute approximate surface area is 282 Å². The molecule has 4 N–H and O–H groups in total. The number of phenols is 1. The van der Waals surface area contributed by atoms with Crippen LogP contribution in [-0.2, 0) is 16.0 Å². The maximum absolute atomic E-state index is 12.8. The number of nitrogens with two attached hydrogens (primary N) is 1. The molecular weight excluding hydrogens is 618 g/mol. The molecule has 2 saturated heterocycles. The molecule has 12 nitrogen and oxygen atoms in total. The minimum atomic E-state index is -0.462. The number of carbonyl (C=O) groups is 2. The Kier molecular flexibility index (Phi) is 8.00. The maximum atomic E-state index is 12.8. The number of carbonyl (C=O) groups excluding carboxylic acids is 2. The van der Waals surface area contributed by atoms with E-state index >= 15 is 0 Å². The number of amides is 2. The number of nitrogens with zero attached hydrogens (tertiary/aromatic N) is 7. The largest absolute Gasteiger partial charge is 0.507 e. The van der Waals surface area contributed by atoms with E-state index in [0.717, 1.165) is 78.4 Å². The first kappa shape index (κ1) is 30.7. The van der Waals surface area contributed by atoms with Gasteiger partial charge in [-0.3, -0.25) is 19.6 Å². The molecule has 8 rings (SSSR count). The molecule has 0 bridgehead atoms. The van der Waals surface area contributed by atoms with Crippen LogP contribution < -0.4 is 11.1 Å². The number of aryl methyl sites for hydroxylation is 1.